The van der Waals surface area contributed by atoms with Gasteiger partial charge in [0, 0.05) is 0 Å². The van der Waals surface area contributed by atoms with E-state index < -0.39 is 35.2 Å². The lowest BCUT2D eigenvalue weighted by Crippen LogP contribution is -2.58. The Morgan fingerprint density at radius 3 is 0.466 bits per heavy atom. The lowest BCUT2D eigenvalue weighted by Gasteiger charge is -2.32. The monoisotopic (exact) mass is 871 g/mol. The van der Waals surface area contributed by atoms with Crippen molar-refractivity contribution in [2.75, 3.05) is 0 Å². The third kappa shape index (κ3) is 26.5. The third-order valence-electron chi connectivity index (χ3n) is 14.3. The standard InChI is InChI=1S/C54H110Si4/c1-9-17-25-33-41-55(42-34-26-18-10-2)51-49-53(57(45-37-29-21-13-5)46-38-30-22-14-6)54(58(47-39-31-23-15-7)48-40-32-24-16-8)50-52(51)56(43-35-27-19-11-3)44-36-28-20-12-4/h49-50,55-58H,9-48H2,1-8H3. The highest BCUT2D eigenvalue weighted by atomic mass is 28.3. The average Bonchev–Trinajstić information content (AvgIpc) is 3.24. The van der Waals surface area contributed by atoms with Gasteiger partial charge in [0.05, 0.1) is 35.2 Å². The summed E-state index contributed by atoms with van der Waals surface area (Å²) in [6.45, 7) is 19.4. The highest BCUT2D eigenvalue weighted by Crippen LogP contribution is 2.21. The zero-order valence-corrected chi connectivity index (χ0v) is 46.4. The molecule has 0 bridgehead atoms. The van der Waals surface area contributed by atoms with Crippen molar-refractivity contribution < 1.29 is 0 Å². The number of unbranched alkanes of at least 4 members (excludes halogenated alkanes) is 24. The Hall–Kier alpha value is 0.0875. The smallest absolute Gasteiger partial charge is 0.0654 e. The molecule has 0 saturated heterocycles. The fourth-order valence-electron chi connectivity index (χ4n) is 10.4. The molecule has 0 radical (unpaired) electrons. The molecule has 1 aromatic rings. The summed E-state index contributed by atoms with van der Waals surface area (Å²) in [4.78, 5) is 0. The Bertz CT molecular complexity index is 807. The molecule has 58 heavy (non-hydrogen) atoms. The van der Waals surface area contributed by atoms with Crippen LogP contribution >= 0.6 is 0 Å². The van der Waals surface area contributed by atoms with Gasteiger partial charge in [0.15, 0.2) is 0 Å². The molecule has 0 nitrogen and oxygen atoms in total. The first-order chi connectivity index (χ1) is 28.6. The molecule has 0 unspecified atom stereocenters. The topological polar surface area (TPSA) is 0 Å². The minimum atomic E-state index is -1.06. The van der Waals surface area contributed by atoms with Crippen LogP contribution in [0.1, 0.15) is 261 Å². The van der Waals surface area contributed by atoms with Crippen molar-refractivity contribution in [1.29, 1.82) is 0 Å². The zero-order chi connectivity index (χ0) is 42.3. The molecular weight excluding hydrogens is 761 g/mol. The molecule has 1 aromatic carbocycles. The summed E-state index contributed by atoms with van der Waals surface area (Å²) in [6, 6.07) is 19.3. The minimum absolute atomic E-state index is 1.06. The van der Waals surface area contributed by atoms with Crippen molar-refractivity contribution in [2.24, 2.45) is 0 Å². The average molecular weight is 872 g/mol. The second-order valence-electron chi connectivity index (χ2n) is 19.7. The SMILES string of the molecule is CCCCCC[SiH](CCCCCC)c1cc([SiH](CCCCCC)CCCCCC)c([SiH](CCCCCC)CCCCCC)cc1[SiH](CCCCCC)CCCCCC. The number of hydrogen-bond donors (Lipinski definition) is 0. The van der Waals surface area contributed by atoms with E-state index in [0.717, 1.165) is 0 Å². The van der Waals surface area contributed by atoms with Gasteiger partial charge in [-0.15, -0.1) is 0 Å². The van der Waals surface area contributed by atoms with Crippen molar-refractivity contribution in [3.8, 4) is 0 Å². The summed E-state index contributed by atoms with van der Waals surface area (Å²) in [6.07, 6.45) is 46.7. The van der Waals surface area contributed by atoms with Gasteiger partial charge in [-0.25, -0.2) is 0 Å². The van der Waals surface area contributed by atoms with Gasteiger partial charge in [0.2, 0.25) is 0 Å². The van der Waals surface area contributed by atoms with Crippen LogP contribution in [0.15, 0.2) is 12.1 Å². The quantitative estimate of drug-likeness (QED) is 0.0453. The van der Waals surface area contributed by atoms with Crippen LogP contribution in [0, 0.1) is 0 Å². The Kier molecular flexibility index (Phi) is 39.8. The summed E-state index contributed by atoms with van der Waals surface area (Å²) in [5.41, 5.74) is 0. The summed E-state index contributed by atoms with van der Waals surface area (Å²) >= 11 is 0. The van der Waals surface area contributed by atoms with Gasteiger partial charge in [-0.1, -0.05) is 342 Å². The normalized spacial score (nSPS) is 12.1. The highest BCUT2D eigenvalue weighted by Gasteiger charge is 2.30. The van der Waals surface area contributed by atoms with E-state index in [-0.39, 0.29) is 0 Å². The van der Waals surface area contributed by atoms with Gasteiger partial charge in [-0.05, 0) is 0 Å². The largest absolute Gasteiger partial charge is 0.0706 e. The zero-order valence-electron chi connectivity index (χ0n) is 41.7. The van der Waals surface area contributed by atoms with E-state index >= 15 is 0 Å². The van der Waals surface area contributed by atoms with Crippen LogP contribution in [0.3, 0.4) is 0 Å². The molecule has 0 atom stereocenters. The van der Waals surface area contributed by atoms with Crippen LogP contribution in [0.5, 0.6) is 0 Å². The van der Waals surface area contributed by atoms with Crippen molar-refractivity contribution in [1.82, 2.24) is 0 Å². The molecule has 0 aliphatic carbocycles. The number of benzene rings is 1. The van der Waals surface area contributed by atoms with E-state index in [2.05, 4.69) is 88.3 Å². The van der Waals surface area contributed by atoms with Crippen LogP contribution in [-0.2, 0) is 0 Å². The highest BCUT2D eigenvalue weighted by molar-refractivity contribution is 6.89. The fraction of sp³-hybridized carbons (Fsp3) is 0.889. The molecule has 0 aliphatic heterocycles. The molecule has 0 saturated carbocycles. The lowest BCUT2D eigenvalue weighted by atomic mass is 10.2. The Balaban J connectivity index is 4.19. The predicted molar refractivity (Wildman–Crippen MR) is 285 cm³/mol. The van der Waals surface area contributed by atoms with Crippen molar-refractivity contribution in [3.63, 3.8) is 0 Å². The van der Waals surface area contributed by atoms with Gasteiger partial charge in [-0.3, -0.25) is 0 Å². The first-order valence-electron chi connectivity index (χ1n) is 27.7. The number of rotatable bonds is 44. The van der Waals surface area contributed by atoms with Gasteiger partial charge < -0.3 is 0 Å². The Labute approximate surface area is 375 Å². The molecule has 0 aliphatic rings. The summed E-state index contributed by atoms with van der Waals surface area (Å²) < 4.78 is 0. The molecule has 0 fully saturated rings. The van der Waals surface area contributed by atoms with E-state index in [1.807, 2.05) is 0 Å². The maximum atomic E-state index is 3.23. The first-order valence-corrected chi connectivity index (χ1v) is 36.6. The van der Waals surface area contributed by atoms with Gasteiger partial charge in [0.1, 0.15) is 0 Å². The van der Waals surface area contributed by atoms with Gasteiger partial charge >= 0.3 is 0 Å². The fourth-order valence-corrected chi connectivity index (χ4v) is 27.4. The summed E-state index contributed by atoms with van der Waals surface area (Å²) in [7, 11) is -4.23. The van der Waals surface area contributed by atoms with Crippen LogP contribution in [0.25, 0.3) is 0 Å². The molecule has 1 rings (SSSR count). The third-order valence-corrected chi connectivity index (χ3v) is 29.3. The molecule has 0 spiro atoms. The van der Waals surface area contributed by atoms with E-state index in [9.17, 15) is 0 Å². The van der Waals surface area contributed by atoms with Crippen LogP contribution < -0.4 is 20.7 Å². The van der Waals surface area contributed by atoms with Crippen molar-refractivity contribution in [3.05, 3.63) is 12.1 Å². The van der Waals surface area contributed by atoms with E-state index in [4.69, 9.17) is 0 Å². The first kappa shape index (κ1) is 56.1. The van der Waals surface area contributed by atoms with Crippen LogP contribution in [0.4, 0.5) is 0 Å². The minimum Gasteiger partial charge on any atom is -0.0654 e. The van der Waals surface area contributed by atoms with E-state index in [0.29, 0.717) is 0 Å². The molecule has 0 amide bonds. The summed E-state index contributed by atoms with van der Waals surface area (Å²) in [5, 5.41) is 8.55. The summed E-state index contributed by atoms with van der Waals surface area (Å²) in [5.74, 6) is 0. The van der Waals surface area contributed by atoms with Crippen molar-refractivity contribution >= 4 is 55.9 Å². The molecule has 0 heterocycles. The maximum absolute atomic E-state index is 3.23. The Morgan fingerprint density at radius 1 is 0.207 bits per heavy atom. The molecule has 342 valence electrons. The molecule has 0 aromatic heterocycles. The van der Waals surface area contributed by atoms with Crippen LogP contribution in [0.2, 0.25) is 48.4 Å². The Morgan fingerprint density at radius 2 is 0.345 bits per heavy atom. The van der Waals surface area contributed by atoms with Crippen molar-refractivity contribution in [2.45, 2.75) is 309 Å². The predicted octanol–water partition coefficient (Wildman–Crippen LogP) is 16.1. The second kappa shape index (κ2) is 41.1. The van der Waals surface area contributed by atoms with Gasteiger partial charge in [0.25, 0.3) is 0 Å². The van der Waals surface area contributed by atoms with Crippen LogP contribution in [-0.4, -0.2) is 35.2 Å². The molecule has 4 heteroatoms. The van der Waals surface area contributed by atoms with E-state index in [1.165, 1.54) is 205 Å². The van der Waals surface area contributed by atoms with E-state index in [1.54, 1.807) is 48.4 Å². The second-order valence-corrected chi connectivity index (χ2v) is 32.4. The number of hydrogen-bond acceptors (Lipinski definition) is 0. The maximum Gasteiger partial charge on any atom is 0.0706 e. The lowest BCUT2D eigenvalue weighted by molar-refractivity contribution is 0.686. The molecular formula is C54H110Si4. The van der Waals surface area contributed by atoms with Gasteiger partial charge in [-0.2, -0.15) is 0 Å². The molecule has 0 N–H and O–H groups in total.